The molecule has 1 saturated heterocycles. The van der Waals surface area contributed by atoms with Crippen LogP contribution in [0.5, 0.6) is 0 Å². The van der Waals surface area contributed by atoms with E-state index in [1.165, 1.54) is 10.9 Å². The Kier molecular flexibility index (Phi) is 11.6. The van der Waals surface area contributed by atoms with Gasteiger partial charge in [0.2, 0.25) is 15.9 Å². The monoisotopic (exact) mass is 592 g/mol. The molecule has 3 amide bonds. The van der Waals surface area contributed by atoms with E-state index in [0.717, 1.165) is 5.56 Å². The number of aliphatic carboxylic acids is 1. The molecule has 226 valence electrons. The number of rotatable bonds is 14. The number of carboxylic acids is 1. The Morgan fingerprint density at radius 2 is 1.95 bits per heavy atom. The van der Waals surface area contributed by atoms with Gasteiger partial charge in [-0.25, -0.2) is 23.2 Å². The second-order valence-corrected chi connectivity index (χ2v) is 12.2. The first-order valence-corrected chi connectivity index (χ1v) is 15.3. The number of likely N-dealkylation sites (N-methyl/N-ethyl adjacent to an activating group) is 1. The second kappa shape index (κ2) is 14.9. The van der Waals surface area contributed by atoms with Crippen molar-refractivity contribution in [3.8, 4) is 0 Å². The third kappa shape index (κ3) is 10.4. The number of hydrogen-bond donors (Lipinski definition) is 4. The van der Waals surface area contributed by atoms with Crippen LogP contribution in [-0.2, 0) is 32.7 Å². The lowest BCUT2D eigenvalue weighted by atomic mass is 10.1. The van der Waals surface area contributed by atoms with Crippen LogP contribution in [0, 0.1) is 6.92 Å². The zero-order chi connectivity index (χ0) is 30.0. The van der Waals surface area contributed by atoms with Crippen molar-refractivity contribution < 1.29 is 27.9 Å². The Labute approximate surface area is 240 Å². The van der Waals surface area contributed by atoms with Crippen molar-refractivity contribution in [3.63, 3.8) is 0 Å². The smallest absolute Gasteiger partial charge is 0.323 e. The van der Waals surface area contributed by atoms with Gasteiger partial charge in [-0.15, -0.1) is 0 Å². The number of imidazole rings is 1. The largest absolute Gasteiger partial charge is 0.480 e. The first-order valence-electron chi connectivity index (χ1n) is 13.6. The van der Waals surface area contributed by atoms with Gasteiger partial charge in [0.05, 0.1) is 37.4 Å². The van der Waals surface area contributed by atoms with Crippen LogP contribution in [0.1, 0.15) is 43.9 Å². The van der Waals surface area contributed by atoms with E-state index in [4.69, 9.17) is 0 Å². The van der Waals surface area contributed by atoms with Gasteiger partial charge in [0.25, 0.3) is 0 Å². The van der Waals surface area contributed by atoms with E-state index in [1.807, 2.05) is 24.8 Å². The molecule has 0 radical (unpaired) electrons. The predicted octanol–water partition coefficient (Wildman–Crippen LogP) is 1.00. The topological polar surface area (TPSA) is 179 Å². The van der Waals surface area contributed by atoms with Crippen LogP contribution < -0.4 is 15.4 Å². The number of nitrogens with zero attached hydrogens (tertiary/aromatic N) is 5. The van der Waals surface area contributed by atoms with E-state index in [9.17, 15) is 27.9 Å². The number of likely N-dealkylation sites (tertiary alicyclic amines) is 1. The molecule has 0 bridgehead atoms. The molecule has 14 nitrogen and oxygen atoms in total. The van der Waals surface area contributed by atoms with Crippen molar-refractivity contribution in [1.82, 2.24) is 34.4 Å². The van der Waals surface area contributed by atoms with Gasteiger partial charge in [-0.3, -0.25) is 19.8 Å². The number of unbranched alkanes of at least 4 members (excludes halogenated alkanes) is 1. The van der Waals surface area contributed by atoms with Gasteiger partial charge < -0.3 is 19.9 Å². The van der Waals surface area contributed by atoms with Crippen LogP contribution in [-0.4, -0.2) is 100 Å². The summed E-state index contributed by atoms with van der Waals surface area (Å²) in [5, 5.41) is 15.2. The highest BCUT2D eigenvalue weighted by atomic mass is 32.2. The fraction of sp³-hybridized carbons (Fsp3) is 0.577. The Morgan fingerprint density at radius 1 is 1.22 bits per heavy atom. The summed E-state index contributed by atoms with van der Waals surface area (Å²) in [5.41, 5.74) is 1.43. The van der Waals surface area contributed by atoms with E-state index in [-0.39, 0.29) is 43.4 Å². The zero-order valence-electron chi connectivity index (χ0n) is 23.7. The molecule has 2 aromatic heterocycles. The molecule has 1 aliphatic rings. The zero-order valence-corrected chi connectivity index (χ0v) is 24.6. The maximum atomic E-state index is 12.8. The SMILES string of the molecule is CCCCS(=O)(=O)NC(Cn1cnc(CN(C)C(=O)CN2CCC(NC(=O)Nc3ncccc3C)CC2)c1)C(=O)O. The summed E-state index contributed by atoms with van der Waals surface area (Å²) in [7, 11) is -2.05. The summed E-state index contributed by atoms with van der Waals surface area (Å²) in [6, 6.07) is 2.04. The van der Waals surface area contributed by atoms with Crippen molar-refractivity contribution >= 4 is 33.7 Å². The predicted molar refractivity (Wildman–Crippen MR) is 153 cm³/mol. The molecule has 0 aromatic carbocycles. The molecular weight excluding hydrogens is 552 g/mol. The number of sulfonamides is 1. The molecule has 15 heteroatoms. The Bertz CT molecular complexity index is 1290. The molecule has 1 fully saturated rings. The summed E-state index contributed by atoms with van der Waals surface area (Å²) < 4.78 is 28.1. The van der Waals surface area contributed by atoms with Gasteiger partial charge >= 0.3 is 12.0 Å². The molecule has 1 atom stereocenters. The normalized spacial score (nSPS) is 15.3. The number of hydrogen-bond acceptors (Lipinski definition) is 8. The second-order valence-electron chi connectivity index (χ2n) is 10.3. The molecular formula is C26H40N8O6S. The number of pyridine rings is 1. The number of piperidine rings is 1. The number of amides is 3. The van der Waals surface area contributed by atoms with Crippen molar-refractivity contribution in [2.75, 3.05) is 37.8 Å². The highest BCUT2D eigenvalue weighted by molar-refractivity contribution is 7.89. The Morgan fingerprint density at radius 3 is 2.61 bits per heavy atom. The molecule has 1 unspecified atom stereocenters. The van der Waals surface area contributed by atoms with Gasteiger partial charge in [-0.05, 0) is 37.8 Å². The minimum absolute atomic E-state index is 0.00202. The van der Waals surface area contributed by atoms with Crippen molar-refractivity contribution in [2.24, 2.45) is 0 Å². The van der Waals surface area contributed by atoms with Crippen LogP contribution in [0.15, 0.2) is 30.9 Å². The summed E-state index contributed by atoms with van der Waals surface area (Å²) in [4.78, 5) is 48.8. The number of carboxylic acid groups (broad SMARTS) is 1. The van der Waals surface area contributed by atoms with E-state index >= 15 is 0 Å². The van der Waals surface area contributed by atoms with E-state index < -0.39 is 22.0 Å². The molecule has 41 heavy (non-hydrogen) atoms. The standard InChI is InChI=1S/C26H40N8O6S/c1-4-5-13-41(39,40)31-22(25(36)37)16-34-15-21(28-18-34)14-32(3)23(35)17-33-11-8-20(9-12-33)29-26(38)30-24-19(2)7-6-10-27-24/h6-7,10,15,18,20,22,31H,4-5,8-9,11-14,16-17H2,1-3H3,(H,36,37)(H2,27,29,30,38). The molecule has 3 rings (SSSR count). The minimum Gasteiger partial charge on any atom is -0.480 e. The lowest BCUT2D eigenvalue weighted by Crippen LogP contribution is -2.48. The third-order valence-corrected chi connectivity index (χ3v) is 8.28. The first-order chi connectivity index (χ1) is 19.5. The third-order valence-electron chi connectivity index (χ3n) is 6.81. The number of carbonyl (C=O) groups is 3. The average Bonchev–Trinajstić information content (AvgIpc) is 3.36. The Hall–Kier alpha value is -3.56. The lowest BCUT2D eigenvalue weighted by molar-refractivity contribution is -0.139. The van der Waals surface area contributed by atoms with Crippen molar-refractivity contribution in [2.45, 2.75) is 64.7 Å². The molecule has 2 aromatic rings. The first kappa shape index (κ1) is 32.0. The quantitative estimate of drug-likeness (QED) is 0.249. The summed E-state index contributed by atoms with van der Waals surface area (Å²) in [5.74, 6) is -0.989. The molecule has 0 saturated carbocycles. The van der Waals surface area contributed by atoms with Gasteiger partial charge in [-0.1, -0.05) is 19.4 Å². The number of aromatic nitrogens is 3. The molecule has 3 heterocycles. The number of urea groups is 1. The maximum Gasteiger partial charge on any atom is 0.323 e. The van der Waals surface area contributed by atoms with Crippen molar-refractivity contribution in [3.05, 3.63) is 42.1 Å². The number of anilines is 1. The molecule has 0 aliphatic carbocycles. The Balaban J connectivity index is 1.42. The van der Waals surface area contributed by atoms with E-state index in [1.54, 1.807) is 30.4 Å². The minimum atomic E-state index is -3.72. The summed E-state index contributed by atoms with van der Waals surface area (Å²) >= 11 is 0. The van der Waals surface area contributed by atoms with Gasteiger partial charge in [0.15, 0.2) is 0 Å². The molecule has 0 spiro atoms. The maximum absolute atomic E-state index is 12.8. The van der Waals surface area contributed by atoms with Crippen LogP contribution in [0.25, 0.3) is 0 Å². The van der Waals surface area contributed by atoms with E-state index in [0.29, 0.717) is 50.3 Å². The summed E-state index contributed by atoms with van der Waals surface area (Å²) in [6.45, 7) is 5.36. The van der Waals surface area contributed by atoms with Crippen molar-refractivity contribution in [1.29, 1.82) is 0 Å². The number of carbonyl (C=O) groups excluding carboxylic acids is 2. The van der Waals surface area contributed by atoms with Gasteiger partial charge in [0.1, 0.15) is 11.9 Å². The number of aryl methyl sites for hydroxylation is 1. The van der Waals surface area contributed by atoms with Gasteiger partial charge in [0, 0.05) is 38.6 Å². The molecule has 4 N–H and O–H groups in total. The average molecular weight is 593 g/mol. The summed E-state index contributed by atoms with van der Waals surface area (Å²) in [6.07, 6.45) is 7.19. The van der Waals surface area contributed by atoms with Crippen LogP contribution in [0.3, 0.4) is 0 Å². The van der Waals surface area contributed by atoms with Crippen LogP contribution in [0.4, 0.5) is 10.6 Å². The molecule has 1 aliphatic heterocycles. The van der Waals surface area contributed by atoms with E-state index in [2.05, 4.69) is 25.3 Å². The van der Waals surface area contributed by atoms with Crippen LogP contribution >= 0.6 is 0 Å². The lowest BCUT2D eigenvalue weighted by Gasteiger charge is -2.32. The number of nitrogens with one attached hydrogen (secondary N) is 3. The fourth-order valence-corrected chi connectivity index (χ4v) is 5.79. The fourth-order valence-electron chi connectivity index (χ4n) is 4.40. The van der Waals surface area contributed by atoms with Crippen LogP contribution in [0.2, 0.25) is 0 Å². The highest BCUT2D eigenvalue weighted by Crippen LogP contribution is 2.13. The highest BCUT2D eigenvalue weighted by Gasteiger charge is 2.26. The van der Waals surface area contributed by atoms with Gasteiger partial charge in [-0.2, -0.15) is 4.72 Å².